The molecule has 0 aliphatic heterocycles. The topological polar surface area (TPSA) is 25.2 Å². The molecular weight excluding hydrogens is 198 g/mol. The second-order valence-corrected chi connectivity index (χ2v) is 5.85. The Bertz CT molecular complexity index is 407. The Balaban J connectivity index is 1.52. The summed E-state index contributed by atoms with van der Waals surface area (Å²) in [5.74, 6) is 2.16. The Hall–Kier alpha value is -0.760. The molecule has 0 aromatic carbocycles. The molecule has 1 heterocycles. The molecule has 2 nitrogen and oxygen atoms in total. The molecule has 4 rings (SSSR count). The second kappa shape index (κ2) is 3.13. The van der Waals surface area contributed by atoms with Crippen LogP contribution < -0.4 is 5.32 Å². The van der Waals surface area contributed by atoms with Gasteiger partial charge >= 0.3 is 0 Å². The highest BCUT2D eigenvalue weighted by Crippen LogP contribution is 2.60. The van der Waals surface area contributed by atoms with Crippen molar-refractivity contribution in [1.29, 1.82) is 0 Å². The van der Waals surface area contributed by atoms with Crippen LogP contribution in [0.5, 0.6) is 0 Å². The lowest BCUT2D eigenvalue weighted by Crippen LogP contribution is -2.25. The molecule has 2 saturated carbocycles. The van der Waals surface area contributed by atoms with Crippen molar-refractivity contribution < 1.29 is 4.42 Å². The average molecular weight is 217 g/mol. The van der Waals surface area contributed by atoms with Gasteiger partial charge in [-0.25, -0.2) is 0 Å². The SMILES string of the molecule is c1cc2c(o1)CCCC21CC1CNC1CC1. The van der Waals surface area contributed by atoms with Gasteiger partial charge in [0.05, 0.1) is 6.26 Å². The highest BCUT2D eigenvalue weighted by atomic mass is 16.3. The first-order valence-corrected chi connectivity index (χ1v) is 6.69. The summed E-state index contributed by atoms with van der Waals surface area (Å²) in [5, 5.41) is 3.68. The van der Waals surface area contributed by atoms with E-state index in [2.05, 4.69) is 11.4 Å². The van der Waals surface area contributed by atoms with Crippen LogP contribution in [0.2, 0.25) is 0 Å². The van der Waals surface area contributed by atoms with Crippen molar-refractivity contribution >= 4 is 0 Å². The molecule has 1 spiro atoms. The lowest BCUT2D eigenvalue weighted by Gasteiger charge is -2.22. The fraction of sp³-hybridized carbons (Fsp3) is 0.714. The summed E-state index contributed by atoms with van der Waals surface area (Å²) in [6, 6.07) is 3.08. The molecule has 1 aromatic heterocycles. The molecule has 2 atom stereocenters. The van der Waals surface area contributed by atoms with Gasteiger partial charge in [-0.1, -0.05) is 0 Å². The normalized spacial score (nSPS) is 36.4. The van der Waals surface area contributed by atoms with E-state index in [0.29, 0.717) is 5.41 Å². The van der Waals surface area contributed by atoms with Crippen LogP contribution >= 0.6 is 0 Å². The molecule has 0 radical (unpaired) electrons. The van der Waals surface area contributed by atoms with Crippen LogP contribution in [0.1, 0.15) is 43.4 Å². The molecular formula is C14H19NO. The highest BCUT2D eigenvalue weighted by molar-refractivity contribution is 5.38. The molecule has 1 aromatic rings. The Morgan fingerprint density at radius 2 is 2.38 bits per heavy atom. The molecule has 0 saturated heterocycles. The number of furan rings is 1. The Morgan fingerprint density at radius 3 is 3.25 bits per heavy atom. The summed E-state index contributed by atoms with van der Waals surface area (Å²) in [5.41, 5.74) is 2.06. The van der Waals surface area contributed by atoms with E-state index >= 15 is 0 Å². The lowest BCUT2D eigenvalue weighted by atomic mass is 9.82. The minimum Gasteiger partial charge on any atom is -0.469 e. The van der Waals surface area contributed by atoms with Gasteiger partial charge in [0.15, 0.2) is 0 Å². The number of hydrogen-bond acceptors (Lipinski definition) is 2. The molecule has 16 heavy (non-hydrogen) atoms. The van der Waals surface area contributed by atoms with Crippen LogP contribution in [0.25, 0.3) is 0 Å². The quantitative estimate of drug-likeness (QED) is 0.842. The number of aryl methyl sites for hydroxylation is 1. The van der Waals surface area contributed by atoms with E-state index in [1.165, 1.54) is 44.4 Å². The van der Waals surface area contributed by atoms with Crippen LogP contribution in [0.4, 0.5) is 0 Å². The Morgan fingerprint density at radius 1 is 1.44 bits per heavy atom. The Kier molecular flexibility index (Phi) is 1.82. The zero-order valence-corrected chi connectivity index (χ0v) is 9.67. The first kappa shape index (κ1) is 9.29. The second-order valence-electron chi connectivity index (χ2n) is 5.85. The molecule has 1 N–H and O–H groups in total. The van der Waals surface area contributed by atoms with Crippen molar-refractivity contribution in [3.63, 3.8) is 0 Å². The molecule has 2 fully saturated rings. The summed E-state index contributed by atoms with van der Waals surface area (Å²) in [4.78, 5) is 0. The van der Waals surface area contributed by atoms with Gasteiger partial charge in [0, 0.05) is 23.4 Å². The fourth-order valence-corrected chi connectivity index (χ4v) is 3.56. The van der Waals surface area contributed by atoms with Gasteiger partial charge in [-0.05, 0) is 50.6 Å². The molecule has 2 unspecified atom stereocenters. The van der Waals surface area contributed by atoms with Crippen LogP contribution in [0.3, 0.4) is 0 Å². The summed E-state index contributed by atoms with van der Waals surface area (Å²) >= 11 is 0. The summed E-state index contributed by atoms with van der Waals surface area (Å²) < 4.78 is 5.60. The predicted octanol–water partition coefficient (Wildman–Crippen LogP) is 2.63. The largest absolute Gasteiger partial charge is 0.469 e. The average Bonchev–Trinajstić information content (AvgIpc) is 3.17. The van der Waals surface area contributed by atoms with Crippen LogP contribution in [0.15, 0.2) is 16.7 Å². The third kappa shape index (κ3) is 1.29. The summed E-state index contributed by atoms with van der Waals surface area (Å²) in [6.45, 7) is 1.23. The standard InChI is InChI=1S/C14H19NO/c1-2-13-12(5-7-16-13)14(6-1)8-10(14)9-15-11-3-4-11/h5,7,10-11,15H,1-4,6,8-9H2. The molecule has 3 aliphatic rings. The monoisotopic (exact) mass is 217 g/mol. The molecule has 0 amide bonds. The van der Waals surface area contributed by atoms with Crippen molar-refractivity contribution in [2.45, 2.75) is 50.0 Å². The number of nitrogens with one attached hydrogen (secondary N) is 1. The number of hydrogen-bond donors (Lipinski definition) is 1. The molecule has 86 valence electrons. The van der Waals surface area contributed by atoms with Crippen molar-refractivity contribution in [1.82, 2.24) is 5.32 Å². The van der Waals surface area contributed by atoms with Gasteiger partial charge in [-0.15, -0.1) is 0 Å². The van der Waals surface area contributed by atoms with Gasteiger partial charge in [-0.2, -0.15) is 0 Å². The fourth-order valence-electron chi connectivity index (χ4n) is 3.56. The van der Waals surface area contributed by atoms with Crippen LogP contribution in [-0.4, -0.2) is 12.6 Å². The van der Waals surface area contributed by atoms with E-state index in [0.717, 1.165) is 18.4 Å². The first-order valence-electron chi connectivity index (χ1n) is 6.69. The smallest absolute Gasteiger partial charge is 0.107 e. The van der Waals surface area contributed by atoms with Crippen LogP contribution in [-0.2, 0) is 11.8 Å². The maximum absolute atomic E-state index is 5.60. The highest BCUT2D eigenvalue weighted by Gasteiger charge is 2.57. The van der Waals surface area contributed by atoms with Gasteiger partial charge in [0.2, 0.25) is 0 Å². The third-order valence-corrected chi connectivity index (χ3v) is 4.77. The van der Waals surface area contributed by atoms with E-state index in [-0.39, 0.29) is 0 Å². The van der Waals surface area contributed by atoms with E-state index < -0.39 is 0 Å². The van der Waals surface area contributed by atoms with Crippen LogP contribution in [0, 0.1) is 5.92 Å². The van der Waals surface area contributed by atoms with Gasteiger partial charge < -0.3 is 9.73 Å². The molecule has 2 heteroatoms. The van der Waals surface area contributed by atoms with Crippen molar-refractivity contribution in [2.75, 3.05) is 6.54 Å². The first-order chi connectivity index (χ1) is 7.88. The zero-order chi connectivity index (χ0) is 10.6. The zero-order valence-electron chi connectivity index (χ0n) is 9.67. The number of rotatable bonds is 3. The van der Waals surface area contributed by atoms with Gasteiger partial charge in [-0.3, -0.25) is 0 Å². The minimum absolute atomic E-state index is 0.516. The third-order valence-electron chi connectivity index (χ3n) is 4.77. The van der Waals surface area contributed by atoms with Gasteiger partial charge in [0.1, 0.15) is 5.76 Å². The Labute approximate surface area is 96.4 Å². The maximum atomic E-state index is 5.60. The van der Waals surface area contributed by atoms with E-state index in [1.54, 1.807) is 5.56 Å². The minimum atomic E-state index is 0.516. The predicted molar refractivity (Wildman–Crippen MR) is 62.5 cm³/mol. The van der Waals surface area contributed by atoms with E-state index in [1.807, 2.05) is 6.26 Å². The summed E-state index contributed by atoms with van der Waals surface area (Å²) in [7, 11) is 0. The van der Waals surface area contributed by atoms with E-state index in [9.17, 15) is 0 Å². The summed E-state index contributed by atoms with van der Waals surface area (Å²) in [6.07, 6.45) is 9.94. The lowest BCUT2D eigenvalue weighted by molar-refractivity contribution is 0.420. The van der Waals surface area contributed by atoms with Crippen molar-refractivity contribution in [3.05, 3.63) is 23.7 Å². The van der Waals surface area contributed by atoms with Crippen molar-refractivity contribution in [2.24, 2.45) is 5.92 Å². The molecule has 0 bridgehead atoms. The number of fused-ring (bicyclic) bond motifs is 2. The van der Waals surface area contributed by atoms with Gasteiger partial charge in [0.25, 0.3) is 0 Å². The molecule has 3 aliphatic carbocycles. The van der Waals surface area contributed by atoms with Crippen molar-refractivity contribution in [3.8, 4) is 0 Å². The maximum Gasteiger partial charge on any atom is 0.107 e. The van der Waals surface area contributed by atoms with E-state index in [4.69, 9.17) is 4.42 Å².